The second-order valence-electron chi connectivity index (χ2n) is 5.99. The van der Waals surface area contributed by atoms with Crippen LogP contribution in [0.15, 0.2) is 18.2 Å². The van der Waals surface area contributed by atoms with Crippen molar-refractivity contribution in [3.05, 3.63) is 29.3 Å². The minimum Gasteiger partial charge on any atom is -0.334 e. The molecule has 0 aliphatic heterocycles. The maximum atomic E-state index is 12.1. The fraction of sp³-hybridized carbons (Fsp3) is 0.529. The largest absolute Gasteiger partial charge is 0.334 e. The lowest BCUT2D eigenvalue weighted by Gasteiger charge is -2.21. The van der Waals surface area contributed by atoms with E-state index in [1.54, 1.807) is 4.90 Å². The van der Waals surface area contributed by atoms with Crippen molar-refractivity contribution in [3.8, 4) is 0 Å². The van der Waals surface area contributed by atoms with Gasteiger partial charge in [-0.2, -0.15) is 0 Å². The summed E-state index contributed by atoms with van der Waals surface area (Å²) in [5.41, 5.74) is 2.99. The quantitative estimate of drug-likeness (QED) is 0.875. The van der Waals surface area contributed by atoms with E-state index in [0.29, 0.717) is 12.5 Å². The van der Waals surface area contributed by atoms with E-state index in [-0.39, 0.29) is 18.4 Å². The van der Waals surface area contributed by atoms with Crippen molar-refractivity contribution in [2.45, 2.75) is 41.0 Å². The Kier molecular flexibility index (Phi) is 6.40. The number of carbonyl (C=O) groups excluding carboxylic acids is 2. The van der Waals surface area contributed by atoms with Crippen molar-refractivity contribution in [3.63, 3.8) is 0 Å². The number of amides is 2. The molecule has 0 aliphatic rings. The van der Waals surface area contributed by atoms with Gasteiger partial charge in [0.25, 0.3) is 0 Å². The van der Waals surface area contributed by atoms with Crippen LogP contribution in [-0.2, 0) is 9.59 Å². The van der Waals surface area contributed by atoms with Crippen LogP contribution in [0.4, 0.5) is 5.69 Å². The zero-order chi connectivity index (χ0) is 16.0. The highest BCUT2D eigenvalue weighted by Gasteiger charge is 2.14. The highest BCUT2D eigenvalue weighted by molar-refractivity contribution is 5.94. The molecule has 116 valence electrons. The second-order valence-corrected chi connectivity index (χ2v) is 5.99. The first-order valence-corrected chi connectivity index (χ1v) is 7.42. The highest BCUT2D eigenvalue weighted by atomic mass is 16.2. The molecule has 1 rings (SSSR count). The van der Waals surface area contributed by atoms with Gasteiger partial charge in [0.1, 0.15) is 0 Å². The highest BCUT2D eigenvalue weighted by Crippen LogP contribution is 2.16. The molecular formula is C17H26N2O2. The van der Waals surface area contributed by atoms with E-state index < -0.39 is 0 Å². The van der Waals surface area contributed by atoms with Gasteiger partial charge in [0.15, 0.2) is 0 Å². The van der Waals surface area contributed by atoms with E-state index in [4.69, 9.17) is 0 Å². The van der Waals surface area contributed by atoms with Crippen LogP contribution in [0.25, 0.3) is 0 Å². The van der Waals surface area contributed by atoms with Crippen LogP contribution in [-0.4, -0.2) is 29.8 Å². The standard InChI is InChI=1S/C17H26N2O2/c1-12(2)8-9-19(15(5)20)11-17(21)18-16-7-6-13(3)10-14(16)4/h6-7,10,12H,8-9,11H2,1-5H3,(H,18,21). The number of nitrogens with zero attached hydrogens (tertiary/aromatic N) is 1. The number of rotatable bonds is 6. The molecule has 4 nitrogen and oxygen atoms in total. The Morgan fingerprint density at radius 2 is 1.90 bits per heavy atom. The molecule has 0 heterocycles. The molecule has 0 radical (unpaired) electrons. The third-order valence-corrected chi connectivity index (χ3v) is 3.41. The minimum atomic E-state index is -0.152. The molecular weight excluding hydrogens is 264 g/mol. The van der Waals surface area contributed by atoms with E-state index in [9.17, 15) is 9.59 Å². The lowest BCUT2D eigenvalue weighted by Crippen LogP contribution is -2.37. The molecule has 0 saturated heterocycles. The topological polar surface area (TPSA) is 49.4 Å². The van der Waals surface area contributed by atoms with Crippen LogP contribution < -0.4 is 5.32 Å². The molecule has 0 spiro atoms. The van der Waals surface area contributed by atoms with Gasteiger partial charge >= 0.3 is 0 Å². The van der Waals surface area contributed by atoms with Crippen LogP contribution in [0.5, 0.6) is 0 Å². The summed E-state index contributed by atoms with van der Waals surface area (Å²) in [5.74, 6) is 0.293. The van der Waals surface area contributed by atoms with Gasteiger partial charge in [-0.25, -0.2) is 0 Å². The molecule has 0 saturated carbocycles. The molecule has 2 amide bonds. The van der Waals surface area contributed by atoms with Crippen molar-refractivity contribution in [2.75, 3.05) is 18.4 Å². The summed E-state index contributed by atoms with van der Waals surface area (Å²) in [6, 6.07) is 5.88. The SMILES string of the molecule is CC(=O)N(CCC(C)C)CC(=O)Nc1ccc(C)cc1C. The number of aryl methyl sites for hydroxylation is 2. The number of carbonyl (C=O) groups is 2. The molecule has 4 heteroatoms. The van der Waals surface area contributed by atoms with Crippen LogP contribution >= 0.6 is 0 Å². The van der Waals surface area contributed by atoms with Gasteiger partial charge < -0.3 is 10.2 Å². The van der Waals surface area contributed by atoms with Crippen molar-refractivity contribution in [1.29, 1.82) is 0 Å². The van der Waals surface area contributed by atoms with Crippen LogP contribution in [0.2, 0.25) is 0 Å². The molecule has 1 aromatic carbocycles. The summed E-state index contributed by atoms with van der Waals surface area (Å²) < 4.78 is 0. The third-order valence-electron chi connectivity index (χ3n) is 3.41. The van der Waals surface area contributed by atoms with Gasteiger partial charge in [0.05, 0.1) is 6.54 Å². The predicted octanol–water partition coefficient (Wildman–Crippen LogP) is 3.14. The van der Waals surface area contributed by atoms with Gasteiger partial charge in [-0.15, -0.1) is 0 Å². The Labute approximate surface area is 127 Å². The molecule has 0 fully saturated rings. The van der Waals surface area contributed by atoms with Gasteiger partial charge in [-0.3, -0.25) is 9.59 Å². The van der Waals surface area contributed by atoms with E-state index >= 15 is 0 Å². The van der Waals surface area contributed by atoms with Gasteiger partial charge in [-0.1, -0.05) is 31.5 Å². The number of benzene rings is 1. The first-order valence-electron chi connectivity index (χ1n) is 7.42. The van der Waals surface area contributed by atoms with E-state index in [0.717, 1.165) is 23.2 Å². The zero-order valence-electron chi connectivity index (χ0n) is 13.7. The van der Waals surface area contributed by atoms with Crippen LogP contribution in [0, 0.1) is 19.8 Å². The maximum Gasteiger partial charge on any atom is 0.244 e. The first-order chi connectivity index (χ1) is 9.79. The molecule has 0 atom stereocenters. The third kappa shape index (κ3) is 5.98. The smallest absolute Gasteiger partial charge is 0.244 e. The summed E-state index contributed by atoms with van der Waals surface area (Å²) in [5, 5.41) is 2.88. The first kappa shape index (κ1) is 17.2. The molecule has 21 heavy (non-hydrogen) atoms. The maximum absolute atomic E-state index is 12.1. The Balaban J connectivity index is 2.63. The molecule has 1 aromatic rings. The molecule has 0 bridgehead atoms. The second kappa shape index (κ2) is 7.81. The summed E-state index contributed by atoms with van der Waals surface area (Å²) in [7, 11) is 0. The summed E-state index contributed by atoms with van der Waals surface area (Å²) in [4.78, 5) is 25.3. The van der Waals surface area contributed by atoms with E-state index in [2.05, 4.69) is 19.2 Å². The monoisotopic (exact) mass is 290 g/mol. The predicted molar refractivity (Wildman–Crippen MR) is 86.3 cm³/mol. The van der Waals surface area contributed by atoms with E-state index in [1.165, 1.54) is 6.92 Å². The Bertz CT molecular complexity index is 510. The number of hydrogen-bond acceptors (Lipinski definition) is 2. The fourth-order valence-electron chi connectivity index (χ4n) is 2.08. The molecule has 0 aliphatic carbocycles. The molecule has 0 unspecified atom stereocenters. The Hall–Kier alpha value is -1.84. The Morgan fingerprint density at radius 3 is 2.43 bits per heavy atom. The van der Waals surface area contributed by atoms with E-state index in [1.807, 2.05) is 32.0 Å². The normalized spacial score (nSPS) is 10.6. The average molecular weight is 290 g/mol. The van der Waals surface area contributed by atoms with Gasteiger partial charge in [-0.05, 0) is 37.8 Å². The van der Waals surface area contributed by atoms with Crippen LogP contribution in [0.3, 0.4) is 0 Å². The van der Waals surface area contributed by atoms with Crippen molar-refractivity contribution >= 4 is 17.5 Å². The number of hydrogen-bond donors (Lipinski definition) is 1. The van der Waals surface area contributed by atoms with Gasteiger partial charge in [0, 0.05) is 19.2 Å². The molecule has 1 N–H and O–H groups in total. The van der Waals surface area contributed by atoms with Crippen LogP contribution in [0.1, 0.15) is 38.3 Å². The fourth-order valence-corrected chi connectivity index (χ4v) is 2.08. The van der Waals surface area contributed by atoms with Crippen molar-refractivity contribution < 1.29 is 9.59 Å². The van der Waals surface area contributed by atoms with Gasteiger partial charge in [0.2, 0.25) is 11.8 Å². The zero-order valence-corrected chi connectivity index (χ0v) is 13.7. The van der Waals surface area contributed by atoms with Crippen molar-refractivity contribution in [1.82, 2.24) is 4.90 Å². The summed E-state index contributed by atoms with van der Waals surface area (Å²) in [6.07, 6.45) is 0.899. The summed E-state index contributed by atoms with van der Waals surface area (Å²) in [6.45, 7) is 10.4. The Morgan fingerprint density at radius 1 is 1.24 bits per heavy atom. The lowest BCUT2D eigenvalue weighted by molar-refractivity contribution is -0.132. The van der Waals surface area contributed by atoms with Crippen molar-refractivity contribution in [2.24, 2.45) is 5.92 Å². The average Bonchev–Trinajstić information content (AvgIpc) is 2.37. The lowest BCUT2D eigenvalue weighted by atomic mass is 10.1. The summed E-state index contributed by atoms with van der Waals surface area (Å²) >= 11 is 0. The number of anilines is 1. The minimum absolute atomic E-state index is 0.0635. The number of nitrogens with one attached hydrogen (secondary N) is 1. The molecule has 0 aromatic heterocycles.